The molecular formula is C14H15Cl3N2O. The molecule has 1 heterocycles. The molecule has 3 nitrogen and oxygen atoms in total. The van der Waals surface area contributed by atoms with Crippen molar-refractivity contribution in [2.75, 3.05) is 11.4 Å². The van der Waals surface area contributed by atoms with E-state index in [2.05, 4.69) is 5.32 Å². The molecule has 1 aromatic carbocycles. The maximum atomic E-state index is 12.6. The molecule has 1 aromatic rings. The SMILES string of the molecule is O=C1C(NC2CC2)CCCN1c1cc(Cl)c(Cl)cc1Cl. The second-order valence-electron chi connectivity index (χ2n) is 5.34. The maximum absolute atomic E-state index is 12.6. The highest BCUT2D eigenvalue weighted by molar-refractivity contribution is 6.44. The Balaban J connectivity index is 1.84. The Morgan fingerprint density at radius 1 is 1.05 bits per heavy atom. The summed E-state index contributed by atoms with van der Waals surface area (Å²) in [6, 6.07) is 3.66. The van der Waals surface area contributed by atoms with Gasteiger partial charge in [0.25, 0.3) is 0 Å². The van der Waals surface area contributed by atoms with Gasteiger partial charge in [0.2, 0.25) is 5.91 Å². The maximum Gasteiger partial charge on any atom is 0.244 e. The molecule has 2 fully saturated rings. The molecule has 1 saturated carbocycles. The van der Waals surface area contributed by atoms with Gasteiger partial charge in [-0.3, -0.25) is 4.79 Å². The lowest BCUT2D eigenvalue weighted by Gasteiger charge is -2.33. The fraction of sp³-hybridized carbons (Fsp3) is 0.500. The van der Waals surface area contributed by atoms with Crippen molar-refractivity contribution in [3.8, 4) is 0 Å². The van der Waals surface area contributed by atoms with E-state index in [9.17, 15) is 4.79 Å². The highest BCUT2D eigenvalue weighted by Crippen LogP contribution is 2.36. The number of hydrogen-bond donors (Lipinski definition) is 1. The predicted molar refractivity (Wildman–Crippen MR) is 83.0 cm³/mol. The molecule has 20 heavy (non-hydrogen) atoms. The van der Waals surface area contributed by atoms with Crippen LogP contribution < -0.4 is 10.2 Å². The van der Waals surface area contributed by atoms with Crippen LogP contribution in [0.5, 0.6) is 0 Å². The molecule has 3 rings (SSSR count). The van der Waals surface area contributed by atoms with Gasteiger partial charge >= 0.3 is 0 Å². The van der Waals surface area contributed by atoms with E-state index in [1.54, 1.807) is 17.0 Å². The minimum atomic E-state index is -0.109. The third-order valence-corrected chi connectivity index (χ3v) is 4.76. The largest absolute Gasteiger partial charge is 0.310 e. The van der Waals surface area contributed by atoms with Gasteiger partial charge in [-0.25, -0.2) is 0 Å². The number of nitrogens with zero attached hydrogens (tertiary/aromatic N) is 1. The molecule has 0 bridgehead atoms. The van der Waals surface area contributed by atoms with Crippen LogP contribution in [0, 0.1) is 0 Å². The van der Waals surface area contributed by atoms with Gasteiger partial charge in [-0.05, 0) is 37.8 Å². The second kappa shape index (κ2) is 5.72. The number of rotatable bonds is 3. The summed E-state index contributed by atoms with van der Waals surface area (Å²) in [7, 11) is 0. The zero-order valence-electron chi connectivity index (χ0n) is 10.8. The summed E-state index contributed by atoms with van der Waals surface area (Å²) in [5.41, 5.74) is 0.647. The van der Waals surface area contributed by atoms with E-state index in [4.69, 9.17) is 34.8 Å². The Labute approximate surface area is 133 Å². The van der Waals surface area contributed by atoms with Crippen molar-refractivity contribution in [2.45, 2.75) is 37.8 Å². The summed E-state index contributed by atoms with van der Waals surface area (Å²) in [6.07, 6.45) is 4.16. The van der Waals surface area contributed by atoms with Crippen LogP contribution in [-0.2, 0) is 4.79 Å². The molecule has 108 valence electrons. The van der Waals surface area contributed by atoms with Crippen molar-refractivity contribution in [1.82, 2.24) is 5.32 Å². The van der Waals surface area contributed by atoms with Gasteiger partial charge in [-0.2, -0.15) is 0 Å². The minimum Gasteiger partial charge on any atom is -0.310 e. The van der Waals surface area contributed by atoms with Crippen molar-refractivity contribution >= 4 is 46.4 Å². The Morgan fingerprint density at radius 2 is 1.75 bits per heavy atom. The molecule has 1 amide bonds. The van der Waals surface area contributed by atoms with Crippen LogP contribution in [0.4, 0.5) is 5.69 Å². The highest BCUT2D eigenvalue weighted by Gasteiger charge is 2.34. The van der Waals surface area contributed by atoms with Gasteiger partial charge in [0.1, 0.15) is 0 Å². The first-order valence-corrected chi connectivity index (χ1v) is 7.91. The molecule has 0 spiro atoms. The number of amides is 1. The lowest BCUT2D eigenvalue weighted by molar-refractivity contribution is -0.121. The summed E-state index contributed by atoms with van der Waals surface area (Å²) in [4.78, 5) is 14.3. The van der Waals surface area contributed by atoms with E-state index in [1.165, 1.54) is 0 Å². The molecule has 1 saturated heterocycles. The van der Waals surface area contributed by atoms with Crippen molar-refractivity contribution in [3.05, 3.63) is 27.2 Å². The first-order valence-electron chi connectivity index (χ1n) is 6.78. The molecule has 0 radical (unpaired) electrons. The Hall–Kier alpha value is -0.480. The van der Waals surface area contributed by atoms with Crippen LogP contribution >= 0.6 is 34.8 Å². The molecule has 1 aliphatic heterocycles. The van der Waals surface area contributed by atoms with E-state index >= 15 is 0 Å². The van der Waals surface area contributed by atoms with Crippen molar-refractivity contribution in [3.63, 3.8) is 0 Å². The number of carbonyl (C=O) groups excluding carboxylic acids is 1. The van der Waals surface area contributed by atoms with E-state index < -0.39 is 0 Å². The number of carbonyl (C=O) groups is 1. The molecule has 6 heteroatoms. The zero-order valence-corrected chi connectivity index (χ0v) is 13.1. The molecule has 1 aliphatic carbocycles. The average Bonchev–Trinajstić information content (AvgIpc) is 3.21. The van der Waals surface area contributed by atoms with E-state index in [-0.39, 0.29) is 11.9 Å². The van der Waals surface area contributed by atoms with Crippen LogP contribution in [0.15, 0.2) is 12.1 Å². The van der Waals surface area contributed by atoms with Crippen LogP contribution in [0.3, 0.4) is 0 Å². The third kappa shape index (κ3) is 2.91. The fourth-order valence-corrected chi connectivity index (χ4v) is 3.17. The Bertz CT molecular complexity index is 545. The fourth-order valence-electron chi connectivity index (χ4n) is 2.52. The van der Waals surface area contributed by atoms with Crippen molar-refractivity contribution < 1.29 is 4.79 Å². The quantitative estimate of drug-likeness (QED) is 0.851. The van der Waals surface area contributed by atoms with E-state index in [0.717, 1.165) is 25.7 Å². The van der Waals surface area contributed by atoms with Crippen molar-refractivity contribution in [2.24, 2.45) is 0 Å². The molecule has 1 atom stereocenters. The van der Waals surface area contributed by atoms with Gasteiger partial charge < -0.3 is 10.2 Å². The van der Waals surface area contributed by atoms with Crippen LogP contribution in [0.1, 0.15) is 25.7 Å². The third-order valence-electron chi connectivity index (χ3n) is 3.73. The summed E-state index contributed by atoms with van der Waals surface area (Å²) >= 11 is 18.2. The normalized spacial score (nSPS) is 23.2. The number of piperidine rings is 1. The van der Waals surface area contributed by atoms with E-state index in [1.807, 2.05) is 0 Å². The number of anilines is 1. The van der Waals surface area contributed by atoms with Gasteiger partial charge in [-0.15, -0.1) is 0 Å². The first kappa shape index (κ1) is 14.5. The lowest BCUT2D eigenvalue weighted by atomic mass is 10.0. The second-order valence-corrected chi connectivity index (χ2v) is 6.56. The molecule has 1 N–H and O–H groups in total. The van der Waals surface area contributed by atoms with Gasteiger partial charge in [-0.1, -0.05) is 34.8 Å². The summed E-state index contributed by atoms with van der Waals surface area (Å²) in [5, 5.41) is 4.67. The summed E-state index contributed by atoms with van der Waals surface area (Å²) in [5.74, 6) is 0.0726. The smallest absolute Gasteiger partial charge is 0.244 e. The van der Waals surface area contributed by atoms with Crippen LogP contribution in [0.25, 0.3) is 0 Å². The number of hydrogen-bond acceptors (Lipinski definition) is 2. The summed E-state index contributed by atoms with van der Waals surface area (Å²) < 4.78 is 0. The number of nitrogens with one attached hydrogen (secondary N) is 1. The first-order chi connectivity index (χ1) is 9.56. The van der Waals surface area contributed by atoms with Crippen molar-refractivity contribution in [1.29, 1.82) is 0 Å². The predicted octanol–water partition coefficient (Wildman–Crippen LogP) is 3.89. The standard InChI is InChI=1S/C14H15Cl3N2O/c15-9-6-11(17)13(7-10(9)16)19-5-1-2-12(14(19)20)18-8-3-4-8/h6-8,12,18H,1-5H2. The molecular weight excluding hydrogens is 319 g/mol. The highest BCUT2D eigenvalue weighted by atomic mass is 35.5. The molecule has 1 unspecified atom stereocenters. The lowest BCUT2D eigenvalue weighted by Crippen LogP contribution is -2.51. The van der Waals surface area contributed by atoms with Gasteiger partial charge in [0.15, 0.2) is 0 Å². The Morgan fingerprint density at radius 3 is 2.45 bits per heavy atom. The van der Waals surface area contributed by atoms with Crippen LogP contribution in [0.2, 0.25) is 15.1 Å². The number of benzene rings is 1. The minimum absolute atomic E-state index is 0.0726. The number of halogens is 3. The van der Waals surface area contributed by atoms with Crippen LogP contribution in [-0.4, -0.2) is 24.5 Å². The monoisotopic (exact) mass is 332 g/mol. The Kier molecular flexibility index (Phi) is 4.14. The topological polar surface area (TPSA) is 32.3 Å². The van der Waals surface area contributed by atoms with E-state index in [0.29, 0.717) is 33.3 Å². The molecule has 0 aromatic heterocycles. The molecule has 2 aliphatic rings. The van der Waals surface area contributed by atoms with Gasteiger partial charge in [0, 0.05) is 12.6 Å². The van der Waals surface area contributed by atoms with Gasteiger partial charge in [0.05, 0.1) is 26.8 Å². The summed E-state index contributed by atoms with van der Waals surface area (Å²) in [6.45, 7) is 0.666. The zero-order chi connectivity index (χ0) is 14.3. The average molecular weight is 334 g/mol.